The maximum atomic E-state index is 12.8. The molecule has 7 heteroatoms. The van der Waals surface area contributed by atoms with E-state index >= 15 is 0 Å². The van der Waals surface area contributed by atoms with Crippen molar-refractivity contribution in [1.29, 1.82) is 0 Å². The molecule has 1 saturated heterocycles. The Kier molecular flexibility index (Phi) is 4.25. The van der Waals surface area contributed by atoms with Gasteiger partial charge in [0.1, 0.15) is 4.90 Å². The van der Waals surface area contributed by atoms with E-state index in [2.05, 4.69) is 16.1 Å². The Morgan fingerprint density at radius 3 is 2.35 bits per heavy atom. The molecule has 0 saturated carbocycles. The molecule has 0 N–H and O–H groups in total. The van der Waals surface area contributed by atoms with Crippen LogP contribution >= 0.6 is 0 Å². The monoisotopic (exact) mass is 334 g/mol. The number of nitrogens with zero attached hydrogens (tertiary/aromatic N) is 4. The highest BCUT2D eigenvalue weighted by Gasteiger charge is 2.32. The van der Waals surface area contributed by atoms with Crippen molar-refractivity contribution >= 4 is 10.0 Å². The van der Waals surface area contributed by atoms with Gasteiger partial charge in [0.25, 0.3) is 0 Å². The molecule has 1 aliphatic heterocycles. The fraction of sp³-hybridized carbons (Fsp3) is 0.500. The Hall–Kier alpha value is -1.73. The molecule has 23 heavy (non-hydrogen) atoms. The average molecular weight is 334 g/mol. The highest BCUT2D eigenvalue weighted by Crippen LogP contribution is 2.31. The Balaban J connectivity index is 1.73. The third-order valence-corrected chi connectivity index (χ3v) is 6.67. The molecule has 2 aromatic rings. The first-order chi connectivity index (χ1) is 10.9. The summed E-state index contributed by atoms with van der Waals surface area (Å²) < 4.78 is 28.7. The van der Waals surface area contributed by atoms with Crippen LogP contribution in [0.5, 0.6) is 0 Å². The predicted octanol–water partition coefficient (Wildman–Crippen LogP) is 2.00. The molecular weight excluding hydrogens is 312 g/mol. The smallest absolute Gasteiger partial charge is 0.246 e. The van der Waals surface area contributed by atoms with Crippen molar-refractivity contribution in [2.24, 2.45) is 7.05 Å². The van der Waals surface area contributed by atoms with Crippen molar-refractivity contribution in [2.75, 3.05) is 13.1 Å². The van der Waals surface area contributed by atoms with E-state index in [1.165, 1.54) is 11.8 Å². The molecule has 0 aliphatic carbocycles. The van der Waals surface area contributed by atoms with Crippen LogP contribution in [0.1, 0.15) is 35.7 Å². The minimum atomic E-state index is -3.45. The highest BCUT2D eigenvalue weighted by molar-refractivity contribution is 7.89. The lowest BCUT2D eigenvalue weighted by molar-refractivity contribution is 0.319. The lowest BCUT2D eigenvalue weighted by atomic mass is 9.91. The number of hydrogen-bond donors (Lipinski definition) is 0. The molecule has 0 atom stereocenters. The van der Waals surface area contributed by atoms with Crippen LogP contribution in [0.2, 0.25) is 0 Å². The van der Waals surface area contributed by atoms with Crippen LogP contribution in [0.15, 0.2) is 29.4 Å². The van der Waals surface area contributed by atoms with E-state index in [1.54, 1.807) is 23.0 Å². The van der Waals surface area contributed by atoms with E-state index in [4.69, 9.17) is 0 Å². The maximum absolute atomic E-state index is 12.8. The maximum Gasteiger partial charge on any atom is 0.246 e. The predicted molar refractivity (Wildman–Crippen MR) is 87.7 cm³/mol. The molecule has 1 aliphatic rings. The van der Waals surface area contributed by atoms with Crippen LogP contribution in [0.3, 0.4) is 0 Å². The van der Waals surface area contributed by atoms with Gasteiger partial charge >= 0.3 is 0 Å². The zero-order valence-corrected chi connectivity index (χ0v) is 14.5. The molecule has 0 unspecified atom stereocenters. The van der Waals surface area contributed by atoms with Gasteiger partial charge < -0.3 is 0 Å². The second-order valence-electron chi connectivity index (χ2n) is 6.13. The van der Waals surface area contributed by atoms with Gasteiger partial charge in [-0.1, -0.05) is 6.07 Å². The lowest BCUT2D eigenvalue weighted by Gasteiger charge is -2.31. The average Bonchev–Trinajstić information content (AvgIpc) is 2.88. The molecular formula is C16H22N4O2S. The molecule has 0 bridgehead atoms. The Labute approximate surface area is 137 Å². The van der Waals surface area contributed by atoms with Crippen LogP contribution in [0, 0.1) is 13.8 Å². The summed E-state index contributed by atoms with van der Waals surface area (Å²) in [4.78, 5) is 4.66. The van der Waals surface area contributed by atoms with E-state index in [1.807, 2.05) is 19.2 Å². The second kappa shape index (κ2) is 6.05. The number of aromatic nitrogens is 3. The number of hydrogen-bond acceptors (Lipinski definition) is 4. The zero-order chi connectivity index (χ0) is 16.6. The number of aryl methyl sites for hydroxylation is 2. The SMILES string of the molecule is Cc1ccc(C2CCN(S(=O)(=O)c3cnn(C)c3C)CC2)cn1. The van der Waals surface area contributed by atoms with Crippen molar-refractivity contribution in [3.8, 4) is 0 Å². The third-order valence-electron chi connectivity index (χ3n) is 4.67. The summed E-state index contributed by atoms with van der Waals surface area (Å²) in [5.74, 6) is 0.379. The molecule has 2 aromatic heterocycles. The minimum absolute atomic E-state index is 0.315. The van der Waals surface area contributed by atoms with Gasteiger partial charge in [0.15, 0.2) is 0 Å². The molecule has 3 heterocycles. The van der Waals surface area contributed by atoms with Crippen LogP contribution in [-0.2, 0) is 17.1 Å². The summed E-state index contributed by atoms with van der Waals surface area (Å²) >= 11 is 0. The quantitative estimate of drug-likeness (QED) is 0.861. The van der Waals surface area contributed by atoms with E-state index in [0.717, 1.165) is 18.5 Å². The first kappa shape index (κ1) is 16.1. The number of rotatable bonds is 3. The van der Waals surface area contributed by atoms with E-state index < -0.39 is 10.0 Å². The molecule has 0 spiro atoms. The van der Waals surface area contributed by atoms with Crippen LogP contribution < -0.4 is 0 Å². The summed E-state index contributed by atoms with van der Waals surface area (Å²) in [7, 11) is -1.69. The number of sulfonamides is 1. The van der Waals surface area contributed by atoms with Crippen molar-refractivity contribution < 1.29 is 8.42 Å². The lowest BCUT2D eigenvalue weighted by Crippen LogP contribution is -2.38. The highest BCUT2D eigenvalue weighted by atomic mass is 32.2. The Bertz CT molecular complexity index is 788. The molecule has 0 radical (unpaired) electrons. The fourth-order valence-corrected chi connectivity index (χ4v) is 4.68. The summed E-state index contributed by atoms with van der Waals surface area (Å²) in [6.45, 7) is 4.82. The van der Waals surface area contributed by atoms with Crippen molar-refractivity contribution in [1.82, 2.24) is 19.1 Å². The zero-order valence-electron chi connectivity index (χ0n) is 13.7. The molecule has 0 aromatic carbocycles. The van der Waals surface area contributed by atoms with Gasteiger partial charge in [-0.3, -0.25) is 9.67 Å². The van der Waals surface area contributed by atoms with Gasteiger partial charge in [-0.2, -0.15) is 9.40 Å². The van der Waals surface area contributed by atoms with Gasteiger partial charge in [0.2, 0.25) is 10.0 Å². The van der Waals surface area contributed by atoms with Gasteiger partial charge in [0.05, 0.1) is 11.9 Å². The third kappa shape index (κ3) is 3.03. The van der Waals surface area contributed by atoms with Crippen molar-refractivity contribution in [3.05, 3.63) is 41.5 Å². The summed E-state index contributed by atoms with van der Waals surface area (Å²) in [5, 5.41) is 4.05. The minimum Gasteiger partial charge on any atom is -0.272 e. The standard InChI is InChI=1S/C16H22N4O2S/c1-12-4-5-15(10-17-12)14-6-8-20(9-7-14)23(21,22)16-11-18-19(3)13(16)2/h4-5,10-11,14H,6-9H2,1-3H3. The number of piperidine rings is 1. The molecule has 0 amide bonds. The molecule has 3 rings (SSSR count). The van der Waals surface area contributed by atoms with Gasteiger partial charge in [0, 0.05) is 32.0 Å². The first-order valence-corrected chi connectivity index (χ1v) is 9.25. The Morgan fingerprint density at radius 1 is 1.13 bits per heavy atom. The van der Waals surface area contributed by atoms with Gasteiger partial charge in [-0.25, -0.2) is 8.42 Å². The van der Waals surface area contributed by atoms with E-state index in [-0.39, 0.29) is 0 Å². The molecule has 1 fully saturated rings. The Morgan fingerprint density at radius 2 is 1.83 bits per heavy atom. The molecule has 6 nitrogen and oxygen atoms in total. The van der Waals surface area contributed by atoms with Crippen LogP contribution in [0.4, 0.5) is 0 Å². The second-order valence-corrected chi connectivity index (χ2v) is 8.04. The fourth-order valence-electron chi connectivity index (χ4n) is 3.02. The van der Waals surface area contributed by atoms with Crippen LogP contribution in [-0.4, -0.2) is 40.6 Å². The summed E-state index contributed by atoms with van der Waals surface area (Å²) in [6, 6.07) is 4.11. The van der Waals surface area contributed by atoms with Crippen molar-refractivity contribution in [2.45, 2.75) is 37.5 Å². The topological polar surface area (TPSA) is 68.1 Å². The summed E-state index contributed by atoms with van der Waals surface area (Å²) in [5.41, 5.74) is 2.88. The van der Waals surface area contributed by atoms with E-state index in [0.29, 0.717) is 29.6 Å². The molecule has 124 valence electrons. The van der Waals surface area contributed by atoms with Gasteiger partial charge in [-0.05, 0) is 44.2 Å². The number of pyridine rings is 1. The summed E-state index contributed by atoms with van der Waals surface area (Å²) in [6.07, 6.45) is 5.00. The normalized spacial score (nSPS) is 17.5. The first-order valence-electron chi connectivity index (χ1n) is 7.81. The van der Waals surface area contributed by atoms with E-state index in [9.17, 15) is 8.42 Å². The van der Waals surface area contributed by atoms with Gasteiger partial charge in [-0.15, -0.1) is 0 Å². The largest absolute Gasteiger partial charge is 0.272 e. The van der Waals surface area contributed by atoms with Crippen molar-refractivity contribution in [3.63, 3.8) is 0 Å². The van der Waals surface area contributed by atoms with Crippen LogP contribution in [0.25, 0.3) is 0 Å².